The maximum atomic E-state index is 11.4. The number of hydrogen-bond donors (Lipinski definition) is 1. The van der Waals surface area contributed by atoms with Gasteiger partial charge in [-0.05, 0) is 18.9 Å². The third-order valence-corrected chi connectivity index (χ3v) is 2.63. The van der Waals surface area contributed by atoms with Crippen LogP contribution in [0, 0.1) is 18.3 Å². The van der Waals surface area contributed by atoms with Crippen molar-refractivity contribution in [2.75, 3.05) is 0 Å². The van der Waals surface area contributed by atoms with Crippen LogP contribution in [-0.2, 0) is 4.79 Å². The summed E-state index contributed by atoms with van der Waals surface area (Å²) < 4.78 is 0. The lowest BCUT2D eigenvalue weighted by Crippen LogP contribution is -2.27. The predicted molar refractivity (Wildman–Crippen MR) is 67.2 cm³/mol. The van der Waals surface area contributed by atoms with E-state index in [1.54, 1.807) is 0 Å². The second-order valence-corrected chi connectivity index (χ2v) is 4.15. The molecule has 1 amide bonds. The summed E-state index contributed by atoms with van der Waals surface area (Å²) in [5.74, 6) is -0.202. The zero-order valence-electron chi connectivity index (χ0n) is 10.4. The van der Waals surface area contributed by atoms with Crippen molar-refractivity contribution in [1.82, 2.24) is 5.32 Å². The van der Waals surface area contributed by atoms with E-state index in [9.17, 15) is 4.79 Å². The van der Waals surface area contributed by atoms with Crippen LogP contribution in [0.3, 0.4) is 0 Å². The van der Waals surface area contributed by atoms with Crippen molar-refractivity contribution in [1.29, 1.82) is 5.26 Å². The summed E-state index contributed by atoms with van der Waals surface area (Å²) in [6.45, 7) is 4.12. The average Bonchev–Trinajstić information content (AvgIpc) is 2.30. The summed E-state index contributed by atoms with van der Waals surface area (Å²) >= 11 is 0. The molecule has 0 spiro atoms. The number of hydrogen-bond acceptors (Lipinski definition) is 2. The van der Waals surface area contributed by atoms with Crippen LogP contribution >= 0.6 is 0 Å². The largest absolute Gasteiger partial charge is 0.348 e. The van der Waals surface area contributed by atoms with E-state index in [-0.39, 0.29) is 18.4 Å². The van der Waals surface area contributed by atoms with Gasteiger partial charge >= 0.3 is 0 Å². The predicted octanol–water partition coefficient (Wildman–Crippen LogP) is 2.87. The Kier molecular flexibility index (Phi) is 5.22. The Labute approximate surface area is 102 Å². The number of nitrogens with zero attached hydrogens (tertiary/aromatic N) is 1. The number of nitriles is 1. The first-order valence-corrected chi connectivity index (χ1v) is 5.90. The van der Waals surface area contributed by atoms with Crippen molar-refractivity contribution in [3.63, 3.8) is 0 Å². The highest BCUT2D eigenvalue weighted by atomic mass is 16.1. The third kappa shape index (κ3) is 4.28. The van der Waals surface area contributed by atoms with Gasteiger partial charge < -0.3 is 5.32 Å². The zero-order valence-corrected chi connectivity index (χ0v) is 10.4. The van der Waals surface area contributed by atoms with E-state index < -0.39 is 0 Å². The van der Waals surface area contributed by atoms with Gasteiger partial charge in [-0.3, -0.25) is 4.79 Å². The van der Waals surface area contributed by atoms with Crippen molar-refractivity contribution in [3.05, 3.63) is 35.4 Å². The van der Waals surface area contributed by atoms with Crippen LogP contribution in [0.1, 0.15) is 43.4 Å². The van der Waals surface area contributed by atoms with E-state index in [2.05, 4.69) is 12.2 Å². The molecule has 0 fully saturated rings. The molecule has 0 aliphatic rings. The Hall–Kier alpha value is -1.82. The van der Waals surface area contributed by atoms with Gasteiger partial charge in [0, 0.05) is 0 Å². The fourth-order valence-electron chi connectivity index (χ4n) is 1.73. The summed E-state index contributed by atoms with van der Waals surface area (Å²) in [4.78, 5) is 11.4. The Morgan fingerprint density at radius 2 is 2.06 bits per heavy atom. The van der Waals surface area contributed by atoms with Gasteiger partial charge in [0.15, 0.2) is 0 Å². The lowest BCUT2D eigenvalue weighted by Gasteiger charge is -2.18. The van der Waals surface area contributed by atoms with Gasteiger partial charge in [0.25, 0.3) is 0 Å². The summed E-state index contributed by atoms with van der Waals surface area (Å²) in [6, 6.07) is 10.0. The van der Waals surface area contributed by atoms with Crippen LogP contribution in [0.15, 0.2) is 24.3 Å². The highest BCUT2D eigenvalue weighted by Crippen LogP contribution is 2.19. The van der Waals surface area contributed by atoms with Gasteiger partial charge in [-0.2, -0.15) is 5.26 Å². The van der Waals surface area contributed by atoms with Crippen molar-refractivity contribution in [3.8, 4) is 6.07 Å². The third-order valence-electron chi connectivity index (χ3n) is 2.63. The molecule has 1 N–H and O–H groups in total. The molecule has 0 aliphatic carbocycles. The number of rotatable bonds is 5. The fraction of sp³-hybridized carbons (Fsp3) is 0.429. The maximum Gasteiger partial charge on any atom is 0.234 e. The molecule has 1 atom stereocenters. The van der Waals surface area contributed by atoms with E-state index in [0.717, 1.165) is 18.4 Å². The number of carbonyl (C=O) groups is 1. The standard InChI is InChI=1S/C14H18N2O/c1-3-4-13(16-14(17)9-10-15)12-7-5-11(2)6-8-12/h5-8,13H,3-4,9H2,1-2H3,(H,16,17). The normalized spacial score (nSPS) is 11.6. The molecule has 17 heavy (non-hydrogen) atoms. The lowest BCUT2D eigenvalue weighted by atomic mass is 10.0. The van der Waals surface area contributed by atoms with Gasteiger partial charge in [0.2, 0.25) is 5.91 Å². The van der Waals surface area contributed by atoms with Crippen LogP contribution in [0.5, 0.6) is 0 Å². The Bertz CT molecular complexity index is 403. The first-order chi connectivity index (χ1) is 8.17. The summed E-state index contributed by atoms with van der Waals surface area (Å²) in [5, 5.41) is 11.4. The number of benzene rings is 1. The lowest BCUT2D eigenvalue weighted by molar-refractivity contribution is -0.120. The number of carbonyl (C=O) groups excluding carboxylic acids is 1. The van der Waals surface area contributed by atoms with Gasteiger partial charge in [-0.1, -0.05) is 43.2 Å². The number of amides is 1. The van der Waals surface area contributed by atoms with Crippen molar-refractivity contribution < 1.29 is 4.79 Å². The molecule has 0 radical (unpaired) electrons. The molecule has 0 heterocycles. The molecular formula is C14H18N2O. The summed E-state index contributed by atoms with van der Waals surface area (Å²) in [5.41, 5.74) is 2.30. The Morgan fingerprint density at radius 3 is 2.59 bits per heavy atom. The van der Waals surface area contributed by atoms with Gasteiger partial charge in [0.05, 0.1) is 12.1 Å². The van der Waals surface area contributed by atoms with E-state index in [1.165, 1.54) is 5.56 Å². The fourth-order valence-corrected chi connectivity index (χ4v) is 1.73. The van der Waals surface area contributed by atoms with Crippen molar-refractivity contribution >= 4 is 5.91 Å². The van der Waals surface area contributed by atoms with E-state index in [1.807, 2.05) is 37.3 Å². The molecule has 3 nitrogen and oxygen atoms in total. The molecule has 0 aromatic heterocycles. The zero-order chi connectivity index (χ0) is 12.7. The van der Waals surface area contributed by atoms with Crippen LogP contribution in [0.2, 0.25) is 0 Å². The SMILES string of the molecule is CCCC(NC(=O)CC#N)c1ccc(C)cc1. The van der Waals surface area contributed by atoms with E-state index in [0.29, 0.717) is 0 Å². The topological polar surface area (TPSA) is 52.9 Å². The molecule has 1 unspecified atom stereocenters. The molecule has 1 aromatic carbocycles. The molecule has 0 aliphatic heterocycles. The monoisotopic (exact) mass is 230 g/mol. The smallest absolute Gasteiger partial charge is 0.234 e. The molecule has 90 valence electrons. The van der Waals surface area contributed by atoms with E-state index >= 15 is 0 Å². The molecule has 0 saturated carbocycles. The maximum absolute atomic E-state index is 11.4. The van der Waals surface area contributed by atoms with Crippen molar-refractivity contribution in [2.45, 2.75) is 39.2 Å². The summed E-state index contributed by atoms with van der Waals surface area (Å²) in [6.07, 6.45) is 1.80. The average molecular weight is 230 g/mol. The number of nitrogens with one attached hydrogen (secondary N) is 1. The Balaban J connectivity index is 2.75. The second-order valence-electron chi connectivity index (χ2n) is 4.15. The minimum atomic E-state index is -0.202. The summed E-state index contributed by atoms with van der Waals surface area (Å²) in [7, 11) is 0. The van der Waals surface area contributed by atoms with Gasteiger partial charge in [-0.25, -0.2) is 0 Å². The Morgan fingerprint density at radius 1 is 1.41 bits per heavy atom. The van der Waals surface area contributed by atoms with Gasteiger partial charge in [-0.15, -0.1) is 0 Å². The van der Waals surface area contributed by atoms with E-state index in [4.69, 9.17) is 5.26 Å². The van der Waals surface area contributed by atoms with Crippen LogP contribution in [0.4, 0.5) is 0 Å². The quantitative estimate of drug-likeness (QED) is 0.845. The minimum absolute atomic E-state index is 0.0152. The highest BCUT2D eigenvalue weighted by Gasteiger charge is 2.13. The molecule has 0 bridgehead atoms. The van der Waals surface area contributed by atoms with Crippen LogP contribution < -0.4 is 5.32 Å². The first-order valence-electron chi connectivity index (χ1n) is 5.90. The molecule has 0 saturated heterocycles. The highest BCUT2D eigenvalue weighted by molar-refractivity contribution is 5.78. The minimum Gasteiger partial charge on any atom is -0.348 e. The first kappa shape index (κ1) is 13.2. The second kappa shape index (κ2) is 6.70. The molecule has 3 heteroatoms. The van der Waals surface area contributed by atoms with Gasteiger partial charge in [0.1, 0.15) is 6.42 Å². The van der Waals surface area contributed by atoms with Crippen molar-refractivity contribution in [2.24, 2.45) is 0 Å². The van der Waals surface area contributed by atoms with Crippen LogP contribution in [-0.4, -0.2) is 5.91 Å². The number of aryl methyl sites for hydroxylation is 1. The molecular weight excluding hydrogens is 212 g/mol. The molecule has 1 aromatic rings. The molecule has 1 rings (SSSR count). The van der Waals surface area contributed by atoms with Crippen LogP contribution in [0.25, 0.3) is 0 Å².